The number of hydrogen-bond donors (Lipinski definition) is 1. The molecule has 0 unspecified atom stereocenters. The molecule has 1 aromatic carbocycles. The Bertz CT molecular complexity index is 951. The van der Waals surface area contributed by atoms with E-state index < -0.39 is 5.97 Å². The quantitative estimate of drug-likeness (QED) is 0.432. The Hall–Kier alpha value is -2.58. The zero-order chi connectivity index (χ0) is 19.9. The van der Waals surface area contributed by atoms with E-state index in [0.29, 0.717) is 10.6 Å². The van der Waals surface area contributed by atoms with Gasteiger partial charge in [0.05, 0.1) is 18.0 Å². The largest absolute Gasteiger partial charge is 0.462 e. The third-order valence-electron chi connectivity index (χ3n) is 3.88. The second-order valence-corrected chi connectivity index (χ2v) is 7.77. The van der Waals surface area contributed by atoms with Crippen molar-refractivity contribution in [2.45, 2.75) is 25.5 Å². The van der Waals surface area contributed by atoms with E-state index in [4.69, 9.17) is 4.74 Å². The van der Waals surface area contributed by atoms with E-state index in [2.05, 4.69) is 10.3 Å². The van der Waals surface area contributed by atoms with Gasteiger partial charge in [-0.15, -0.1) is 11.3 Å². The summed E-state index contributed by atoms with van der Waals surface area (Å²) < 4.78 is 7.12. The first-order valence-electron chi connectivity index (χ1n) is 8.92. The predicted octanol–water partition coefficient (Wildman–Crippen LogP) is 4.54. The van der Waals surface area contributed by atoms with Gasteiger partial charge in [-0.05, 0) is 25.5 Å². The van der Waals surface area contributed by atoms with Crippen LogP contribution < -0.4 is 5.32 Å². The molecule has 0 atom stereocenters. The molecule has 0 aliphatic heterocycles. The van der Waals surface area contributed by atoms with Crippen molar-refractivity contribution in [1.82, 2.24) is 9.55 Å². The molecule has 6 nitrogen and oxygen atoms in total. The fourth-order valence-electron chi connectivity index (χ4n) is 2.57. The van der Waals surface area contributed by atoms with Gasteiger partial charge in [0, 0.05) is 23.8 Å². The van der Waals surface area contributed by atoms with Crippen molar-refractivity contribution in [2.24, 2.45) is 0 Å². The SMILES string of the molecule is CCOC(=O)c1sc(-c2ccccc2)cc1NC(=O)CSc1nccn1CC. The molecule has 0 saturated carbocycles. The predicted molar refractivity (Wildman–Crippen MR) is 113 cm³/mol. The van der Waals surface area contributed by atoms with Crippen LogP contribution in [0.5, 0.6) is 0 Å². The Balaban J connectivity index is 1.76. The standard InChI is InChI=1S/C20H21N3O3S2/c1-3-23-11-10-21-20(23)27-13-17(24)22-15-12-16(14-8-6-5-7-9-14)28-18(15)19(25)26-4-2/h5-12H,3-4,13H2,1-2H3,(H,22,24). The van der Waals surface area contributed by atoms with E-state index in [1.54, 1.807) is 13.1 Å². The van der Waals surface area contributed by atoms with Crippen LogP contribution in [0.3, 0.4) is 0 Å². The molecule has 0 bridgehead atoms. The molecule has 28 heavy (non-hydrogen) atoms. The second kappa shape index (κ2) is 9.57. The molecular weight excluding hydrogens is 394 g/mol. The number of ether oxygens (including phenoxy) is 1. The highest BCUT2D eigenvalue weighted by atomic mass is 32.2. The number of thiophene rings is 1. The number of thioether (sulfide) groups is 1. The fourth-order valence-corrected chi connectivity index (χ4v) is 4.41. The summed E-state index contributed by atoms with van der Waals surface area (Å²) in [6.45, 7) is 4.85. The van der Waals surface area contributed by atoms with Crippen LogP contribution in [0.15, 0.2) is 53.9 Å². The van der Waals surface area contributed by atoms with Crippen molar-refractivity contribution in [3.63, 3.8) is 0 Å². The van der Waals surface area contributed by atoms with E-state index >= 15 is 0 Å². The number of anilines is 1. The van der Waals surface area contributed by atoms with E-state index in [0.717, 1.165) is 22.1 Å². The fraction of sp³-hybridized carbons (Fsp3) is 0.250. The summed E-state index contributed by atoms with van der Waals surface area (Å²) in [7, 11) is 0. The minimum atomic E-state index is -0.431. The zero-order valence-electron chi connectivity index (χ0n) is 15.7. The minimum Gasteiger partial charge on any atom is -0.462 e. The van der Waals surface area contributed by atoms with Crippen LogP contribution in [-0.2, 0) is 16.1 Å². The molecule has 1 N–H and O–H groups in total. The van der Waals surface area contributed by atoms with Gasteiger partial charge >= 0.3 is 5.97 Å². The Kier molecular flexibility index (Phi) is 6.89. The van der Waals surface area contributed by atoms with E-state index in [1.165, 1.54) is 23.1 Å². The summed E-state index contributed by atoms with van der Waals surface area (Å²) in [6, 6.07) is 11.6. The summed E-state index contributed by atoms with van der Waals surface area (Å²) in [4.78, 5) is 30.4. The van der Waals surface area contributed by atoms with Crippen molar-refractivity contribution in [3.8, 4) is 10.4 Å². The molecule has 1 amide bonds. The molecule has 8 heteroatoms. The molecule has 3 rings (SSSR count). The number of nitrogens with one attached hydrogen (secondary N) is 1. The molecular formula is C20H21N3O3S2. The number of nitrogens with zero attached hydrogens (tertiary/aromatic N) is 2. The number of aryl methyl sites for hydroxylation is 1. The highest BCUT2D eigenvalue weighted by Gasteiger charge is 2.20. The monoisotopic (exact) mass is 415 g/mol. The van der Waals surface area contributed by atoms with Gasteiger partial charge in [0.1, 0.15) is 4.88 Å². The van der Waals surface area contributed by atoms with Crippen LogP contribution in [0.1, 0.15) is 23.5 Å². The van der Waals surface area contributed by atoms with E-state index in [1.807, 2.05) is 54.1 Å². The highest BCUT2D eigenvalue weighted by molar-refractivity contribution is 7.99. The maximum absolute atomic E-state index is 12.5. The smallest absolute Gasteiger partial charge is 0.350 e. The zero-order valence-corrected chi connectivity index (χ0v) is 17.3. The Morgan fingerprint density at radius 3 is 2.75 bits per heavy atom. The van der Waals surface area contributed by atoms with Gasteiger partial charge in [-0.3, -0.25) is 4.79 Å². The number of rotatable bonds is 8. The minimum absolute atomic E-state index is 0.196. The molecule has 0 aliphatic carbocycles. The van der Waals surface area contributed by atoms with Gasteiger partial charge in [0.25, 0.3) is 0 Å². The Morgan fingerprint density at radius 2 is 2.04 bits per heavy atom. The highest BCUT2D eigenvalue weighted by Crippen LogP contribution is 2.35. The van der Waals surface area contributed by atoms with E-state index in [9.17, 15) is 9.59 Å². The Morgan fingerprint density at radius 1 is 1.25 bits per heavy atom. The van der Waals surface area contributed by atoms with Crippen molar-refractivity contribution in [3.05, 3.63) is 53.7 Å². The number of aromatic nitrogens is 2. The van der Waals surface area contributed by atoms with E-state index in [-0.39, 0.29) is 18.3 Å². The van der Waals surface area contributed by atoms with Crippen LogP contribution in [0.2, 0.25) is 0 Å². The summed E-state index contributed by atoms with van der Waals surface area (Å²) in [5.74, 6) is -0.423. The number of benzene rings is 1. The number of hydrogen-bond acceptors (Lipinski definition) is 6. The molecule has 2 heterocycles. The lowest BCUT2D eigenvalue weighted by Gasteiger charge is -2.07. The lowest BCUT2D eigenvalue weighted by molar-refractivity contribution is -0.113. The molecule has 0 radical (unpaired) electrons. The number of esters is 1. The third kappa shape index (κ3) is 4.82. The van der Waals surface area contributed by atoms with Gasteiger partial charge < -0.3 is 14.6 Å². The molecule has 3 aromatic rings. The van der Waals surface area contributed by atoms with Crippen LogP contribution in [0.25, 0.3) is 10.4 Å². The average molecular weight is 416 g/mol. The number of amides is 1. The Labute approximate surface area is 171 Å². The summed E-state index contributed by atoms with van der Waals surface area (Å²) in [6.07, 6.45) is 3.59. The second-order valence-electron chi connectivity index (χ2n) is 5.77. The lowest BCUT2D eigenvalue weighted by atomic mass is 10.2. The van der Waals surface area contributed by atoms with Crippen molar-refractivity contribution < 1.29 is 14.3 Å². The molecule has 2 aromatic heterocycles. The first-order chi connectivity index (χ1) is 13.6. The molecule has 146 valence electrons. The summed E-state index contributed by atoms with van der Waals surface area (Å²) in [5, 5.41) is 3.64. The van der Waals surface area contributed by atoms with Crippen LogP contribution in [0.4, 0.5) is 5.69 Å². The summed E-state index contributed by atoms with van der Waals surface area (Å²) >= 11 is 2.67. The van der Waals surface area contributed by atoms with Crippen LogP contribution in [-0.4, -0.2) is 33.8 Å². The van der Waals surface area contributed by atoms with Gasteiger partial charge in [0.15, 0.2) is 5.16 Å². The van der Waals surface area contributed by atoms with Gasteiger partial charge in [-0.1, -0.05) is 42.1 Å². The topological polar surface area (TPSA) is 73.2 Å². The lowest BCUT2D eigenvalue weighted by Crippen LogP contribution is -2.16. The average Bonchev–Trinajstić information content (AvgIpc) is 3.34. The molecule has 0 fully saturated rings. The first kappa shape index (κ1) is 20.2. The third-order valence-corrected chi connectivity index (χ3v) is 6.04. The number of imidazole rings is 1. The summed E-state index contributed by atoms with van der Waals surface area (Å²) in [5.41, 5.74) is 1.46. The molecule has 0 spiro atoms. The first-order valence-corrected chi connectivity index (χ1v) is 10.7. The normalized spacial score (nSPS) is 10.6. The van der Waals surface area contributed by atoms with Crippen LogP contribution in [0, 0.1) is 0 Å². The van der Waals surface area contributed by atoms with Gasteiger partial charge in [-0.25, -0.2) is 9.78 Å². The van der Waals surface area contributed by atoms with Gasteiger partial charge in [-0.2, -0.15) is 0 Å². The van der Waals surface area contributed by atoms with Crippen molar-refractivity contribution in [2.75, 3.05) is 17.7 Å². The molecule has 0 aliphatic rings. The maximum Gasteiger partial charge on any atom is 0.350 e. The number of carbonyl (C=O) groups is 2. The van der Waals surface area contributed by atoms with Crippen LogP contribution >= 0.6 is 23.1 Å². The van der Waals surface area contributed by atoms with Gasteiger partial charge in [0.2, 0.25) is 5.91 Å². The molecule has 0 saturated heterocycles. The van der Waals surface area contributed by atoms with Crippen molar-refractivity contribution >= 4 is 40.7 Å². The number of carbonyl (C=O) groups excluding carboxylic acids is 2. The van der Waals surface area contributed by atoms with Crippen molar-refractivity contribution in [1.29, 1.82) is 0 Å². The maximum atomic E-state index is 12.5.